The van der Waals surface area contributed by atoms with Gasteiger partial charge >= 0.3 is 0 Å². The number of rotatable bonds is 3. The predicted octanol–water partition coefficient (Wildman–Crippen LogP) is 2.71. The maximum atomic E-state index is 11.2. The molecule has 4 heteroatoms. The number of hydrogen-bond acceptors (Lipinski definition) is 2. The number of carbonyl (C=O) groups is 1. The smallest absolute Gasteiger partial charge is 0.220 e. The topological polar surface area (TPSA) is 46.3 Å². The van der Waals surface area contributed by atoms with E-state index in [1.807, 2.05) is 6.07 Å². The summed E-state index contributed by atoms with van der Waals surface area (Å²) in [6, 6.07) is 8.68. The van der Waals surface area contributed by atoms with Crippen LogP contribution in [0.15, 0.2) is 28.7 Å². The number of piperidine rings is 1. The van der Waals surface area contributed by atoms with E-state index in [0.29, 0.717) is 6.04 Å². The van der Waals surface area contributed by atoms with Gasteiger partial charge in [0.2, 0.25) is 5.91 Å². The maximum Gasteiger partial charge on any atom is 0.220 e. The lowest BCUT2D eigenvalue weighted by Crippen LogP contribution is -2.39. The van der Waals surface area contributed by atoms with E-state index < -0.39 is 0 Å². The van der Waals surface area contributed by atoms with E-state index in [4.69, 9.17) is 5.73 Å². The van der Waals surface area contributed by atoms with Gasteiger partial charge in [-0.15, -0.1) is 0 Å². The van der Waals surface area contributed by atoms with Crippen LogP contribution >= 0.6 is 15.9 Å². The molecule has 0 aliphatic carbocycles. The molecule has 1 aromatic rings. The van der Waals surface area contributed by atoms with Crippen LogP contribution in [0.1, 0.15) is 31.4 Å². The van der Waals surface area contributed by atoms with Crippen molar-refractivity contribution < 1.29 is 4.79 Å². The predicted molar refractivity (Wildman–Crippen MR) is 76.0 cm³/mol. The quantitative estimate of drug-likeness (QED) is 0.933. The molecule has 1 aliphatic heterocycles. The first-order chi connectivity index (χ1) is 8.59. The molecule has 1 aromatic carbocycles. The van der Waals surface area contributed by atoms with Gasteiger partial charge in [-0.1, -0.05) is 34.1 Å². The van der Waals surface area contributed by atoms with Gasteiger partial charge in [-0.3, -0.25) is 9.69 Å². The average molecular weight is 311 g/mol. The van der Waals surface area contributed by atoms with Gasteiger partial charge in [0, 0.05) is 16.4 Å². The number of carbonyl (C=O) groups excluding carboxylic acids is 1. The molecule has 1 heterocycles. The Kier molecular flexibility index (Phi) is 4.40. The van der Waals surface area contributed by atoms with E-state index >= 15 is 0 Å². The molecule has 1 atom stereocenters. The Morgan fingerprint density at radius 1 is 1.39 bits per heavy atom. The van der Waals surface area contributed by atoms with Gasteiger partial charge in [-0.2, -0.15) is 0 Å². The summed E-state index contributed by atoms with van der Waals surface area (Å²) in [6.45, 7) is 4.09. The number of nitrogens with zero attached hydrogens (tertiary/aromatic N) is 1. The molecule has 0 aromatic heterocycles. The number of amides is 1. The van der Waals surface area contributed by atoms with E-state index in [1.54, 1.807) is 0 Å². The fraction of sp³-hybridized carbons (Fsp3) is 0.500. The molecule has 0 saturated carbocycles. The normalized spacial score (nSPS) is 19.7. The molecule has 98 valence electrons. The third-order valence-corrected chi connectivity index (χ3v) is 4.56. The minimum atomic E-state index is -0.150. The summed E-state index contributed by atoms with van der Waals surface area (Å²) in [5.74, 6) is -0.0872. The molecule has 1 fully saturated rings. The molecule has 0 radical (unpaired) electrons. The van der Waals surface area contributed by atoms with Crippen LogP contribution in [-0.2, 0) is 4.79 Å². The van der Waals surface area contributed by atoms with Gasteiger partial charge in [0.15, 0.2) is 0 Å². The number of nitrogens with two attached hydrogens (primary N) is 1. The molecular weight excluding hydrogens is 292 g/mol. The van der Waals surface area contributed by atoms with E-state index in [0.717, 1.165) is 30.4 Å². The zero-order chi connectivity index (χ0) is 13.1. The van der Waals surface area contributed by atoms with Gasteiger partial charge in [-0.25, -0.2) is 0 Å². The maximum absolute atomic E-state index is 11.2. The summed E-state index contributed by atoms with van der Waals surface area (Å²) in [4.78, 5) is 13.6. The second kappa shape index (κ2) is 5.85. The zero-order valence-electron chi connectivity index (χ0n) is 10.6. The number of likely N-dealkylation sites (tertiary alicyclic amines) is 1. The van der Waals surface area contributed by atoms with Crippen LogP contribution in [0.25, 0.3) is 0 Å². The van der Waals surface area contributed by atoms with Crippen molar-refractivity contribution in [3.63, 3.8) is 0 Å². The lowest BCUT2D eigenvalue weighted by Gasteiger charge is -2.35. The molecule has 3 nitrogen and oxygen atoms in total. The second-order valence-corrected chi connectivity index (χ2v) is 5.76. The summed E-state index contributed by atoms with van der Waals surface area (Å²) in [7, 11) is 0. The highest BCUT2D eigenvalue weighted by Gasteiger charge is 2.26. The van der Waals surface area contributed by atoms with Crippen LogP contribution in [0.3, 0.4) is 0 Å². The van der Waals surface area contributed by atoms with Gasteiger partial charge in [0.05, 0.1) is 0 Å². The van der Waals surface area contributed by atoms with Crippen molar-refractivity contribution in [2.75, 3.05) is 13.1 Å². The Morgan fingerprint density at radius 2 is 2.00 bits per heavy atom. The highest BCUT2D eigenvalue weighted by Crippen LogP contribution is 2.30. The number of hydrogen-bond donors (Lipinski definition) is 1. The van der Waals surface area contributed by atoms with Crippen molar-refractivity contribution in [2.24, 2.45) is 11.7 Å². The average Bonchev–Trinajstić information content (AvgIpc) is 2.38. The lowest BCUT2D eigenvalue weighted by molar-refractivity contribution is -0.123. The molecule has 1 saturated heterocycles. The third-order valence-electron chi connectivity index (χ3n) is 3.83. The van der Waals surface area contributed by atoms with E-state index in [1.165, 1.54) is 5.56 Å². The van der Waals surface area contributed by atoms with Crippen LogP contribution in [0.2, 0.25) is 0 Å². The number of primary amides is 1. The van der Waals surface area contributed by atoms with Crippen LogP contribution in [0, 0.1) is 5.92 Å². The summed E-state index contributed by atoms with van der Waals surface area (Å²) in [5, 5.41) is 0. The third kappa shape index (κ3) is 2.93. The SMILES string of the molecule is CC(c1ccccc1Br)N1CCC(C(N)=O)CC1. The summed E-state index contributed by atoms with van der Waals surface area (Å²) < 4.78 is 1.15. The molecular formula is C14H19BrN2O. The largest absolute Gasteiger partial charge is 0.369 e. The molecule has 1 aliphatic rings. The van der Waals surface area contributed by atoms with Gasteiger partial charge < -0.3 is 5.73 Å². The van der Waals surface area contributed by atoms with E-state index in [-0.39, 0.29) is 11.8 Å². The standard InChI is InChI=1S/C14H19BrN2O/c1-10(12-4-2-3-5-13(12)15)17-8-6-11(7-9-17)14(16)18/h2-5,10-11H,6-9H2,1H3,(H2,16,18). The van der Waals surface area contributed by atoms with Crippen LogP contribution in [0.4, 0.5) is 0 Å². The van der Waals surface area contributed by atoms with Crippen molar-refractivity contribution in [2.45, 2.75) is 25.8 Å². The minimum absolute atomic E-state index is 0.0627. The van der Waals surface area contributed by atoms with E-state index in [2.05, 4.69) is 46.0 Å². The first kappa shape index (κ1) is 13.6. The van der Waals surface area contributed by atoms with Crippen LogP contribution in [-0.4, -0.2) is 23.9 Å². The van der Waals surface area contributed by atoms with Crippen molar-refractivity contribution in [3.05, 3.63) is 34.3 Å². The summed E-state index contributed by atoms with van der Waals surface area (Å²) in [6.07, 6.45) is 1.76. The Hall–Kier alpha value is -0.870. The fourth-order valence-corrected chi connectivity index (χ4v) is 3.20. The Balaban J connectivity index is 2.02. The Bertz CT molecular complexity index is 428. The van der Waals surface area contributed by atoms with Crippen molar-refractivity contribution in [3.8, 4) is 0 Å². The van der Waals surface area contributed by atoms with E-state index in [9.17, 15) is 4.79 Å². The summed E-state index contributed by atoms with van der Waals surface area (Å²) in [5.41, 5.74) is 6.66. The molecule has 0 spiro atoms. The molecule has 0 bridgehead atoms. The lowest BCUT2D eigenvalue weighted by atomic mass is 9.94. The van der Waals surface area contributed by atoms with Crippen LogP contribution in [0.5, 0.6) is 0 Å². The van der Waals surface area contributed by atoms with Gasteiger partial charge in [0.1, 0.15) is 0 Å². The minimum Gasteiger partial charge on any atom is -0.369 e. The zero-order valence-corrected chi connectivity index (χ0v) is 12.2. The Morgan fingerprint density at radius 3 is 2.56 bits per heavy atom. The molecule has 2 rings (SSSR count). The van der Waals surface area contributed by atoms with Crippen molar-refractivity contribution >= 4 is 21.8 Å². The highest BCUT2D eigenvalue weighted by atomic mass is 79.9. The van der Waals surface area contributed by atoms with Crippen molar-refractivity contribution in [1.82, 2.24) is 4.90 Å². The van der Waals surface area contributed by atoms with Gasteiger partial charge in [0.25, 0.3) is 0 Å². The van der Waals surface area contributed by atoms with Crippen LogP contribution < -0.4 is 5.73 Å². The molecule has 18 heavy (non-hydrogen) atoms. The first-order valence-corrected chi connectivity index (χ1v) is 7.16. The Labute approximate surface area is 116 Å². The molecule has 1 unspecified atom stereocenters. The first-order valence-electron chi connectivity index (χ1n) is 6.37. The highest BCUT2D eigenvalue weighted by molar-refractivity contribution is 9.10. The van der Waals surface area contributed by atoms with Crippen molar-refractivity contribution in [1.29, 1.82) is 0 Å². The molecule has 2 N–H and O–H groups in total. The second-order valence-electron chi connectivity index (χ2n) is 4.91. The molecule has 1 amide bonds. The van der Waals surface area contributed by atoms with Gasteiger partial charge in [-0.05, 0) is 44.5 Å². The monoisotopic (exact) mass is 310 g/mol. The summed E-state index contributed by atoms with van der Waals surface area (Å²) >= 11 is 3.60. The number of halogens is 1. The fourth-order valence-electron chi connectivity index (χ4n) is 2.58. The number of benzene rings is 1.